The number of nitrogens with one attached hydrogen (secondary N) is 1. The minimum atomic E-state index is -0.334. The zero-order chi connectivity index (χ0) is 31.6. The number of rotatable bonds is 7. The van der Waals surface area contributed by atoms with Gasteiger partial charge in [0.15, 0.2) is 17.1 Å². The van der Waals surface area contributed by atoms with Gasteiger partial charge in [-0.3, -0.25) is 4.79 Å². The zero-order valence-corrected chi connectivity index (χ0v) is 26.4. The Hall–Kier alpha value is -4.33. The smallest absolute Gasteiger partial charge is 0.261 e. The van der Waals surface area contributed by atoms with E-state index in [4.69, 9.17) is 43.5 Å². The van der Waals surface area contributed by atoms with Crippen molar-refractivity contribution < 1.29 is 14.3 Å². The number of fused-ring (bicyclic) bond motifs is 1. The summed E-state index contributed by atoms with van der Waals surface area (Å²) in [5, 5.41) is 19.0. The van der Waals surface area contributed by atoms with Crippen molar-refractivity contribution in [3.63, 3.8) is 0 Å². The van der Waals surface area contributed by atoms with Gasteiger partial charge in [-0.1, -0.05) is 50.0 Å². The monoisotopic (exact) mass is 633 g/mol. The predicted molar refractivity (Wildman–Crippen MR) is 171 cm³/mol. The van der Waals surface area contributed by atoms with Gasteiger partial charge in [0.1, 0.15) is 35.2 Å². The highest BCUT2D eigenvalue weighted by molar-refractivity contribution is 6.42. The number of carbonyl (C=O) groups excluding carboxylic acids is 1. The van der Waals surface area contributed by atoms with Gasteiger partial charge < -0.3 is 20.5 Å². The van der Waals surface area contributed by atoms with E-state index in [2.05, 4.69) is 15.3 Å². The second-order valence-electron chi connectivity index (χ2n) is 11.8. The number of nitrogen functional groups attached to an aromatic ring is 1. The second kappa shape index (κ2) is 12.7. The lowest BCUT2D eigenvalue weighted by Gasteiger charge is -2.29. The van der Waals surface area contributed by atoms with Crippen LogP contribution >= 0.6 is 23.2 Å². The van der Waals surface area contributed by atoms with Gasteiger partial charge in [-0.25, -0.2) is 14.6 Å². The lowest BCUT2D eigenvalue weighted by Crippen LogP contribution is -2.38. The van der Waals surface area contributed by atoms with Crippen molar-refractivity contribution in [2.75, 3.05) is 12.8 Å². The highest BCUT2D eigenvalue weighted by Crippen LogP contribution is 2.40. The number of methoxy groups -OCH3 is 1. The number of halogens is 2. The van der Waals surface area contributed by atoms with E-state index in [-0.39, 0.29) is 29.0 Å². The van der Waals surface area contributed by atoms with Crippen LogP contribution < -0.4 is 20.5 Å². The highest BCUT2D eigenvalue weighted by Gasteiger charge is 2.29. The Morgan fingerprint density at radius 3 is 2.50 bits per heavy atom. The summed E-state index contributed by atoms with van der Waals surface area (Å²) in [4.78, 5) is 21.6. The Morgan fingerprint density at radius 1 is 1.09 bits per heavy atom. The van der Waals surface area contributed by atoms with E-state index in [1.165, 1.54) is 6.33 Å². The van der Waals surface area contributed by atoms with Crippen LogP contribution in [0.15, 0.2) is 54.4 Å². The van der Waals surface area contributed by atoms with Gasteiger partial charge in [0.25, 0.3) is 5.91 Å². The molecule has 0 aliphatic heterocycles. The zero-order valence-electron chi connectivity index (χ0n) is 24.9. The lowest BCUT2D eigenvalue weighted by atomic mass is 9.90. The molecule has 10 nitrogen and oxygen atoms in total. The Balaban J connectivity index is 1.39. The first kappa shape index (κ1) is 31.1. The van der Waals surface area contributed by atoms with Crippen LogP contribution in [0.4, 0.5) is 5.82 Å². The van der Waals surface area contributed by atoms with Crippen LogP contribution in [-0.2, 0) is 4.79 Å². The number of nitrogens with two attached hydrogens (primary N) is 1. The number of allylic oxidation sites excluding steroid dienone is 1. The molecule has 2 aromatic carbocycles. The van der Waals surface area contributed by atoms with Crippen molar-refractivity contribution in [2.24, 2.45) is 5.41 Å². The molecule has 228 valence electrons. The number of hydrogen-bond acceptors (Lipinski definition) is 8. The third-order valence-electron chi connectivity index (χ3n) is 7.39. The summed E-state index contributed by atoms with van der Waals surface area (Å²) in [6.45, 7) is 5.87. The molecule has 1 aliphatic rings. The number of anilines is 1. The van der Waals surface area contributed by atoms with Gasteiger partial charge in [-0.05, 0) is 61.4 Å². The van der Waals surface area contributed by atoms with Crippen LogP contribution in [0, 0.1) is 16.7 Å². The highest BCUT2D eigenvalue weighted by atomic mass is 35.5. The van der Waals surface area contributed by atoms with Crippen molar-refractivity contribution in [2.45, 2.75) is 58.5 Å². The number of carbonyl (C=O) groups is 1. The van der Waals surface area contributed by atoms with Crippen molar-refractivity contribution in [1.82, 2.24) is 25.1 Å². The van der Waals surface area contributed by atoms with E-state index in [0.29, 0.717) is 49.8 Å². The molecule has 0 radical (unpaired) electrons. The van der Waals surface area contributed by atoms with Gasteiger partial charge >= 0.3 is 0 Å². The number of nitriles is 1. The predicted octanol–water partition coefficient (Wildman–Crippen LogP) is 7.28. The van der Waals surface area contributed by atoms with E-state index in [9.17, 15) is 10.1 Å². The van der Waals surface area contributed by atoms with Crippen LogP contribution in [0.5, 0.6) is 17.2 Å². The van der Waals surface area contributed by atoms with Crippen molar-refractivity contribution >= 4 is 46.0 Å². The van der Waals surface area contributed by atoms with Crippen molar-refractivity contribution in [3.8, 4) is 34.6 Å². The van der Waals surface area contributed by atoms with Crippen LogP contribution in [0.2, 0.25) is 10.0 Å². The molecule has 4 aromatic rings. The Kier molecular flexibility index (Phi) is 9.00. The molecule has 0 unspecified atom stereocenters. The number of hydrogen-bond donors (Lipinski definition) is 2. The van der Waals surface area contributed by atoms with E-state index in [0.717, 1.165) is 31.2 Å². The van der Waals surface area contributed by atoms with E-state index < -0.39 is 0 Å². The maximum atomic E-state index is 12.8. The summed E-state index contributed by atoms with van der Waals surface area (Å²) >= 11 is 12.2. The van der Waals surface area contributed by atoms with Crippen LogP contribution in [0.25, 0.3) is 22.3 Å². The molecular formula is C32H33Cl2N7O3. The molecular weight excluding hydrogens is 601 g/mol. The minimum absolute atomic E-state index is 0.0356. The lowest BCUT2D eigenvalue weighted by molar-refractivity contribution is -0.118. The molecule has 0 bridgehead atoms. The molecule has 2 aromatic heterocycles. The summed E-state index contributed by atoms with van der Waals surface area (Å²) in [6.07, 6.45) is 6.12. The van der Waals surface area contributed by atoms with E-state index >= 15 is 0 Å². The van der Waals surface area contributed by atoms with Crippen LogP contribution in [0.1, 0.15) is 52.5 Å². The maximum absolute atomic E-state index is 12.8. The van der Waals surface area contributed by atoms with Gasteiger partial charge in [-0.15, -0.1) is 0 Å². The Bertz CT molecular complexity index is 1780. The topological polar surface area (TPSA) is 141 Å². The van der Waals surface area contributed by atoms with Gasteiger partial charge in [-0.2, -0.15) is 10.4 Å². The molecule has 1 fully saturated rings. The van der Waals surface area contributed by atoms with Gasteiger partial charge in [0, 0.05) is 17.7 Å². The maximum Gasteiger partial charge on any atom is 0.261 e. The average Bonchev–Trinajstić information content (AvgIpc) is 3.39. The minimum Gasteiger partial charge on any atom is -0.493 e. The third-order valence-corrected chi connectivity index (χ3v) is 8.13. The molecule has 0 saturated heterocycles. The molecule has 12 heteroatoms. The van der Waals surface area contributed by atoms with Crippen LogP contribution in [-0.4, -0.2) is 38.8 Å². The largest absolute Gasteiger partial charge is 0.493 e. The molecule has 5 rings (SSSR count). The third kappa shape index (κ3) is 6.74. The fourth-order valence-electron chi connectivity index (χ4n) is 5.33. The number of amides is 1. The fraction of sp³-hybridized carbons (Fsp3) is 0.344. The Labute approximate surface area is 265 Å². The molecule has 1 amide bonds. The van der Waals surface area contributed by atoms with E-state index in [1.807, 2.05) is 43.7 Å². The summed E-state index contributed by atoms with van der Waals surface area (Å²) in [5.74, 6) is 1.47. The van der Waals surface area contributed by atoms with Gasteiger partial charge in [0.05, 0.1) is 28.6 Å². The summed E-state index contributed by atoms with van der Waals surface area (Å²) in [7, 11) is 1.56. The molecule has 44 heavy (non-hydrogen) atoms. The summed E-state index contributed by atoms with van der Waals surface area (Å²) < 4.78 is 13.6. The Morgan fingerprint density at radius 2 is 1.84 bits per heavy atom. The number of nitrogens with zero attached hydrogens (tertiary/aromatic N) is 5. The first-order chi connectivity index (χ1) is 21.0. The molecule has 3 N–H and O–H groups in total. The molecule has 1 aliphatic carbocycles. The van der Waals surface area contributed by atoms with Crippen LogP contribution in [0.3, 0.4) is 0 Å². The fourth-order valence-corrected chi connectivity index (χ4v) is 5.62. The average molecular weight is 635 g/mol. The molecule has 0 atom stereocenters. The first-order valence-electron chi connectivity index (χ1n) is 14.2. The first-order valence-corrected chi connectivity index (χ1v) is 15.0. The summed E-state index contributed by atoms with van der Waals surface area (Å²) in [5.41, 5.74) is 8.24. The summed E-state index contributed by atoms with van der Waals surface area (Å²) in [6, 6.07) is 12.5. The van der Waals surface area contributed by atoms with Gasteiger partial charge in [0.2, 0.25) is 0 Å². The second-order valence-corrected chi connectivity index (χ2v) is 12.6. The van der Waals surface area contributed by atoms with E-state index in [1.54, 1.807) is 37.5 Å². The number of ether oxygens (including phenoxy) is 2. The van der Waals surface area contributed by atoms with Crippen molar-refractivity contribution in [1.29, 1.82) is 5.26 Å². The number of benzene rings is 2. The normalized spacial score (nSPS) is 17.2. The molecule has 1 saturated carbocycles. The standard InChI is InChI=1S/C32H33Cl2N7O3/c1-32(2,3)15-19(16-35)31(42)39-20-6-8-21(9-7-20)41-30-27(29(36)37-17-38-30)28(40-41)18-5-12-25(26(13-18)43-4)44-22-10-11-23(33)24(34)14-22/h5,10-15,17,20-21H,6-9H2,1-4H3,(H,39,42)(H2,36,37,38). The quantitative estimate of drug-likeness (QED) is 0.160. The van der Waals surface area contributed by atoms with Crippen molar-refractivity contribution in [3.05, 3.63) is 64.4 Å². The number of aromatic nitrogens is 4. The molecule has 2 heterocycles. The molecule has 0 spiro atoms. The SMILES string of the molecule is COc1cc(-c2nn(C3CCC(NC(=O)C(C#N)=CC(C)(C)C)CC3)c3ncnc(N)c23)ccc1Oc1ccc(Cl)c(Cl)c1.